The van der Waals surface area contributed by atoms with E-state index in [0.29, 0.717) is 30.0 Å². The van der Waals surface area contributed by atoms with Gasteiger partial charge in [-0.2, -0.15) is 0 Å². The van der Waals surface area contributed by atoms with Crippen molar-refractivity contribution in [2.45, 2.75) is 20.3 Å². The van der Waals surface area contributed by atoms with Crippen molar-refractivity contribution in [1.82, 2.24) is 9.97 Å². The first-order valence-electron chi connectivity index (χ1n) is 8.12. The van der Waals surface area contributed by atoms with Crippen molar-refractivity contribution in [2.24, 2.45) is 0 Å². The Morgan fingerprint density at radius 3 is 2.88 bits per heavy atom. The first-order valence-corrected chi connectivity index (χ1v) is 9.00. The van der Waals surface area contributed by atoms with Gasteiger partial charge in [-0.3, -0.25) is 0 Å². The average Bonchev–Trinajstić information content (AvgIpc) is 3.06. The molecule has 1 N–H and O–H groups in total. The number of benzene rings is 1. The summed E-state index contributed by atoms with van der Waals surface area (Å²) in [5.41, 5.74) is 1.26. The van der Waals surface area contributed by atoms with Crippen molar-refractivity contribution in [3.8, 4) is 5.75 Å². The number of aromatic nitrogens is 2. The Kier molecular flexibility index (Phi) is 5.45. The maximum atomic E-state index is 12.2. The minimum atomic E-state index is -0.373. The topological polar surface area (TPSA) is 73.3 Å². The number of nitrogens with zero attached hydrogens (tertiary/aromatic N) is 2. The summed E-state index contributed by atoms with van der Waals surface area (Å²) in [6, 6.07) is 7.64. The SMILES string of the molecule is CCCOc1ccccc1Nc1ncnc2scc(C(=O)OCC)c12. The molecule has 0 fully saturated rings. The van der Waals surface area contributed by atoms with E-state index in [1.807, 2.05) is 24.3 Å². The summed E-state index contributed by atoms with van der Waals surface area (Å²) in [6.07, 6.45) is 2.40. The van der Waals surface area contributed by atoms with Crippen LogP contribution in [0.5, 0.6) is 5.75 Å². The molecule has 0 unspecified atom stereocenters. The van der Waals surface area contributed by atoms with Crippen molar-refractivity contribution >= 4 is 39.0 Å². The molecule has 0 aliphatic heterocycles. The Morgan fingerprint density at radius 1 is 1.24 bits per heavy atom. The molecule has 0 saturated carbocycles. The van der Waals surface area contributed by atoms with Crippen molar-refractivity contribution in [2.75, 3.05) is 18.5 Å². The fourth-order valence-corrected chi connectivity index (χ4v) is 3.24. The van der Waals surface area contributed by atoms with Gasteiger partial charge in [0.25, 0.3) is 0 Å². The smallest absolute Gasteiger partial charge is 0.339 e. The molecule has 1 aromatic carbocycles. The summed E-state index contributed by atoms with van der Waals surface area (Å²) in [4.78, 5) is 21.5. The average molecular weight is 357 g/mol. The lowest BCUT2D eigenvalue weighted by atomic mass is 10.2. The number of carbonyl (C=O) groups is 1. The number of ether oxygens (including phenoxy) is 2. The van der Waals surface area contributed by atoms with Crippen LogP contribution in [-0.4, -0.2) is 29.2 Å². The normalized spacial score (nSPS) is 10.6. The van der Waals surface area contributed by atoms with Crippen LogP contribution in [0.1, 0.15) is 30.6 Å². The molecule has 2 heterocycles. The van der Waals surface area contributed by atoms with E-state index in [1.165, 1.54) is 17.7 Å². The van der Waals surface area contributed by atoms with Crippen molar-refractivity contribution in [1.29, 1.82) is 0 Å². The van der Waals surface area contributed by atoms with Crippen LogP contribution in [0.25, 0.3) is 10.2 Å². The highest BCUT2D eigenvalue weighted by atomic mass is 32.1. The van der Waals surface area contributed by atoms with Gasteiger partial charge in [0.15, 0.2) is 0 Å². The Bertz CT molecular complexity index is 879. The van der Waals surface area contributed by atoms with E-state index in [1.54, 1.807) is 12.3 Å². The van der Waals surface area contributed by atoms with E-state index in [9.17, 15) is 4.79 Å². The first kappa shape index (κ1) is 17.2. The summed E-state index contributed by atoms with van der Waals surface area (Å²) in [6.45, 7) is 4.79. The molecule has 0 aliphatic carbocycles. The molecule has 0 amide bonds. The van der Waals surface area contributed by atoms with Crippen LogP contribution in [0.2, 0.25) is 0 Å². The summed E-state index contributed by atoms with van der Waals surface area (Å²) in [7, 11) is 0. The van der Waals surface area contributed by atoms with Crippen molar-refractivity contribution in [3.63, 3.8) is 0 Å². The number of anilines is 2. The third kappa shape index (κ3) is 3.71. The maximum Gasteiger partial charge on any atom is 0.339 e. The van der Waals surface area contributed by atoms with Gasteiger partial charge >= 0.3 is 5.97 Å². The number of para-hydroxylation sites is 2. The van der Waals surface area contributed by atoms with Gasteiger partial charge < -0.3 is 14.8 Å². The largest absolute Gasteiger partial charge is 0.491 e. The highest BCUT2D eigenvalue weighted by Crippen LogP contribution is 2.34. The molecule has 0 aliphatic rings. The first-order chi connectivity index (χ1) is 12.2. The number of esters is 1. The molecule has 0 saturated heterocycles. The number of hydrogen-bond acceptors (Lipinski definition) is 7. The number of hydrogen-bond donors (Lipinski definition) is 1. The van der Waals surface area contributed by atoms with Crippen LogP contribution < -0.4 is 10.1 Å². The highest BCUT2D eigenvalue weighted by Gasteiger charge is 2.19. The molecule has 0 spiro atoms. The Labute approximate surface area is 149 Å². The zero-order valence-electron chi connectivity index (χ0n) is 14.1. The van der Waals surface area contributed by atoms with Crippen LogP contribution in [-0.2, 0) is 4.74 Å². The van der Waals surface area contributed by atoms with Crippen LogP contribution in [0.3, 0.4) is 0 Å². The monoisotopic (exact) mass is 357 g/mol. The van der Waals surface area contributed by atoms with Gasteiger partial charge in [0, 0.05) is 5.38 Å². The van der Waals surface area contributed by atoms with E-state index >= 15 is 0 Å². The van der Waals surface area contributed by atoms with E-state index < -0.39 is 0 Å². The number of thiophene rings is 1. The van der Waals surface area contributed by atoms with Crippen molar-refractivity contribution < 1.29 is 14.3 Å². The van der Waals surface area contributed by atoms with E-state index in [2.05, 4.69) is 22.2 Å². The zero-order chi connectivity index (χ0) is 17.6. The van der Waals surface area contributed by atoms with Crippen LogP contribution in [0.4, 0.5) is 11.5 Å². The molecule has 0 radical (unpaired) electrons. The molecule has 7 heteroatoms. The molecule has 25 heavy (non-hydrogen) atoms. The highest BCUT2D eigenvalue weighted by molar-refractivity contribution is 7.17. The quantitative estimate of drug-likeness (QED) is 0.632. The standard InChI is InChI=1S/C18H19N3O3S/c1-3-9-24-14-8-6-5-7-13(14)21-16-15-12(18(22)23-4-2)10-25-17(15)20-11-19-16/h5-8,10-11H,3-4,9H2,1-2H3,(H,19,20,21). The predicted molar refractivity (Wildman–Crippen MR) is 98.9 cm³/mol. The number of fused-ring (bicyclic) bond motifs is 1. The second-order valence-electron chi connectivity index (χ2n) is 5.24. The molecule has 3 aromatic rings. The summed E-state index contributed by atoms with van der Waals surface area (Å²) in [5, 5.41) is 5.69. The zero-order valence-corrected chi connectivity index (χ0v) is 14.9. The van der Waals surface area contributed by atoms with E-state index in [0.717, 1.165) is 22.7 Å². The van der Waals surface area contributed by atoms with Crippen molar-refractivity contribution in [3.05, 3.63) is 41.5 Å². The van der Waals surface area contributed by atoms with Gasteiger partial charge in [-0.1, -0.05) is 19.1 Å². The molecule has 2 aromatic heterocycles. The molecular formula is C18H19N3O3S. The fraction of sp³-hybridized carbons (Fsp3) is 0.278. The Hall–Kier alpha value is -2.67. The van der Waals surface area contributed by atoms with E-state index in [4.69, 9.17) is 9.47 Å². The summed E-state index contributed by atoms with van der Waals surface area (Å²) >= 11 is 1.39. The van der Waals surface area contributed by atoms with Gasteiger partial charge in [-0.05, 0) is 25.5 Å². The van der Waals surface area contributed by atoms with Gasteiger partial charge in [-0.15, -0.1) is 11.3 Å². The molecule has 3 rings (SSSR count). The minimum absolute atomic E-state index is 0.320. The lowest BCUT2D eigenvalue weighted by Crippen LogP contribution is -2.06. The Balaban J connectivity index is 2.00. The third-order valence-electron chi connectivity index (χ3n) is 3.47. The molecule has 0 atom stereocenters. The molecule has 6 nitrogen and oxygen atoms in total. The number of carbonyl (C=O) groups excluding carboxylic acids is 1. The lowest BCUT2D eigenvalue weighted by molar-refractivity contribution is 0.0529. The third-order valence-corrected chi connectivity index (χ3v) is 4.35. The maximum absolute atomic E-state index is 12.2. The fourth-order valence-electron chi connectivity index (χ4n) is 2.36. The summed E-state index contributed by atoms with van der Waals surface area (Å²) < 4.78 is 10.9. The van der Waals surface area contributed by atoms with Gasteiger partial charge in [0.2, 0.25) is 0 Å². The second-order valence-corrected chi connectivity index (χ2v) is 6.10. The van der Waals surface area contributed by atoms with Gasteiger partial charge in [0.1, 0.15) is 22.7 Å². The van der Waals surface area contributed by atoms with Gasteiger partial charge in [-0.25, -0.2) is 14.8 Å². The predicted octanol–water partition coefficient (Wildman–Crippen LogP) is 4.40. The number of nitrogens with one attached hydrogen (secondary N) is 1. The Morgan fingerprint density at radius 2 is 2.08 bits per heavy atom. The molecule has 130 valence electrons. The molecule has 0 bridgehead atoms. The minimum Gasteiger partial charge on any atom is -0.491 e. The van der Waals surface area contributed by atoms with E-state index in [-0.39, 0.29) is 5.97 Å². The lowest BCUT2D eigenvalue weighted by Gasteiger charge is -2.13. The second kappa shape index (κ2) is 7.94. The number of rotatable bonds is 7. The molecular weight excluding hydrogens is 338 g/mol. The van der Waals surface area contributed by atoms with Gasteiger partial charge in [0.05, 0.1) is 29.9 Å². The van der Waals surface area contributed by atoms with Crippen LogP contribution in [0, 0.1) is 0 Å². The van der Waals surface area contributed by atoms with Crippen LogP contribution in [0.15, 0.2) is 36.0 Å². The van der Waals surface area contributed by atoms with Crippen LogP contribution >= 0.6 is 11.3 Å². The summed E-state index contributed by atoms with van der Waals surface area (Å²) in [5.74, 6) is 0.924.